The molecule has 1 N–H and O–H groups in total. The van der Waals surface area contributed by atoms with Crippen LogP contribution in [0.1, 0.15) is 44.2 Å². The number of benzene rings is 1. The van der Waals surface area contributed by atoms with Crippen LogP contribution in [0.3, 0.4) is 0 Å². The Kier molecular flexibility index (Phi) is 3.99. The summed E-state index contributed by atoms with van der Waals surface area (Å²) in [6, 6.07) is 5.78. The highest BCUT2D eigenvalue weighted by Gasteiger charge is 2.32. The number of hydrogen-bond acceptors (Lipinski definition) is 4. The smallest absolute Gasteiger partial charge is 0.226 e. The van der Waals surface area contributed by atoms with E-state index in [-0.39, 0.29) is 17.4 Å². The van der Waals surface area contributed by atoms with Gasteiger partial charge in [-0.25, -0.2) is 4.68 Å². The number of rotatable bonds is 3. The Hall–Kier alpha value is -2.50. The number of carbonyl (C=O) groups is 1. The van der Waals surface area contributed by atoms with Crippen LogP contribution in [-0.2, 0) is 10.3 Å². The number of anilines is 1. The third-order valence-electron chi connectivity index (χ3n) is 4.27. The number of fused-ring (bicyclic) bond motifs is 1. The van der Waals surface area contributed by atoms with Gasteiger partial charge in [0, 0.05) is 17.9 Å². The fraction of sp³-hybridized carbons (Fsp3) is 0.444. The molecule has 0 saturated heterocycles. The molecule has 1 aromatic heterocycles. The first kappa shape index (κ1) is 16.4. The number of methoxy groups -OCH3 is 2. The molecule has 1 amide bonds. The van der Waals surface area contributed by atoms with Gasteiger partial charge in [-0.15, -0.1) is 0 Å². The number of nitrogens with one attached hydrogen (secondary N) is 1. The normalized spacial score (nSPS) is 17.2. The summed E-state index contributed by atoms with van der Waals surface area (Å²) in [6.07, 6.45) is 2.24. The predicted octanol–water partition coefficient (Wildman–Crippen LogP) is 3.13. The van der Waals surface area contributed by atoms with Crippen LogP contribution in [0.25, 0.3) is 0 Å². The summed E-state index contributed by atoms with van der Waals surface area (Å²) in [5.41, 5.74) is 1.83. The van der Waals surface area contributed by atoms with Crippen molar-refractivity contribution in [3.05, 3.63) is 35.5 Å². The third-order valence-corrected chi connectivity index (χ3v) is 4.27. The van der Waals surface area contributed by atoms with E-state index in [1.165, 1.54) is 0 Å². The second-order valence-electron chi connectivity index (χ2n) is 6.95. The molecule has 3 rings (SSSR count). The minimum atomic E-state index is -0.208. The van der Waals surface area contributed by atoms with Crippen LogP contribution in [0.4, 0.5) is 5.82 Å². The van der Waals surface area contributed by atoms with Crippen molar-refractivity contribution in [1.29, 1.82) is 0 Å². The second-order valence-corrected chi connectivity index (χ2v) is 6.95. The van der Waals surface area contributed by atoms with Crippen LogP contribution < -0.4 is 14.8 Å². The molecule has 0 radical (unpaired) electrons. The Labute approximate surface area is 141 Å². The molecule has 128 valence electrons. The maximum absolute atomic E-state index is 12.3. The molecule has 0 unspecified atom stereocenters. The first-order chi connectivity index (χ1) is 11.3. The maximum Gasteiger partial charge on any atom is 0.226 e. The van der Waals surface area contributed by atoms with Crippen LogP contribution in [0.5, 0.6) is 11.5 Å². The lowest BCUT2D eigenvalue weighted by Crippen LogP contribution is -2.30. The summed E-state index contributed by atoms with van der Waals surface area (Å²) >= 11 is 0. The number of carbonyl (C=O) groups excluding carboxylic acids is 1. The van der Waals surface area contributed by atoms with Crippen molar-refractivity contribution in [2.45, 2.75) is 38.6 Å². The molecular weight excluding hydrogens is 306 g/mol. The van der Waals surface area contributed by atoms with Crippen LogP contribution in [0, 0.1) is 0 Å². The topological polar surface area (TPSA) is 65.4 Å². The summed E-state index contributed by atoms with van der Waals surface area (Å²) in [6.45, 7) is 6.19. The summed E-state index contributed by atoms with van der Waals surface area (Å²) in [7, 11) is 3.22. The van der Waals surface area contributed by atoms with Gasteiger partial charge in [-0.1, -0.05) is 6.07 Å². The average Bonchev–Trinajstić information content (AvgIpc) is 2.97. The molecule has 1 aliphatic rings. The third kappa shape index (κ3) is 2.72. The van der Waals surface area contributed by atoms with Crippen molar-refractivity contribution in [3.8, 4) is 11.5 Å². The lowest BCUT2D eigenvalue weighted by atomic mass is 9.87. The summed E-state index contributed by atoms with van der Waals surface area (Å²) in [4.78, 5) is 12.3. The molecule has 0 bridgehead atoms. The van der Waals surface area contributed by atoms with Crippen LogP contribution in [0.15, 0.2) is 24.4 Å². The van der Waals surface area contributed by atoms with Crippen LogP contribution in [-0.4, -0.2) is 29.9 Å². The summed E-state index contributed by atoms with van der Waals surface area (Å²) in [5, 5.41) is 7.47. The van der Waals surface area contributed by atoms with Gasteiger partial charge in [-0.3, -0.25) is 4.79 Å². The van der Waals surface area contributed by atoms with E-state index in [2.05, 4.69) is 31.2 Å². The van der Waals surface area contributed by atoms with Crippen molar-refractivity contribution in [2.24, 2.45) is 0 Å². The van der Waals surface area contributed by atoms with Gasteiger partial charge in [0.25, 0.3) is 0 Å². The molecule has 0 fully saturated rings. The van der Waals surface area contributed by atoms with Gasteiger partial charge in [-0.2, -0.15) is 5.10 Å². The van der Waals surface area contributed by atoms with Crippen LogP contribution >= 0.6 is 0 Å². The molecule has 6 nitrogen and oxygen atoms in total. The number of ether oxygens (including phenoxy) is 2. The predicted molar refractivity (Wildman–Crippen MR) is 91.9 cm³/mol. The zero-order valence-electron chi connectivity index (χ0n) is 14.7. The van der Waals surface area contributed by atoms with Crippen molar-refractivity contribution in [1.82, 2.24) is 9.78 Å². The molecule has 1 aliphatic heterocycles. The SMILES string of the molecule is COc1ccc([C@H]2CC(=O)Nc3c2cnn3C(C)(C)C)cc1OC. The minimum absolute atomic E-state index is 0.00622. The maximum atomic E-state index is 12.3. The second kappa shape index (κ2) is 5.85. The molecule has 2 heterocycles. The van der Waals surface area contributed by atoms with E-state index in [9.17, 15) is 4.79 Å². The lowest BCUT2D eigenvalue weighted by molar-refractivity contribution is -0.116. The molecule has 6 heteroatoms. The Morgan fingerprint density at radius 1 is 1.21 bits per heavy atom. The number of amides is 1. The van der Waals surface area contributed by atoms with Gasteiger partial charge >= 0.3 is 0 Å². The minimum Gasteiger partial charge on any atom is -0.493 e. The van der Waals surface area contributed by atoms with Gasteiger partial charge in [0.05, 0.1) is 26.0 Å². The van der Waals surface area contributed by atoms with E-state index < -0.39 is 0 Å². The Balaban J connectivity index is 2.08. The van der Waals surface area contributed by atoms with Crippen LogP contribution in [0.2, 0.25) is 0 Å². The highest BCUT2D eigenvalue weighted by atomic mass is 16.5. The molecule has 1 atom stereocenters. The van der Waals surface area contributed by atoms with Crippen molar-refractivity contribution in [2.75, 3.05) is 19.5 Å². The molecule has 0 spiro atoms. The average molecular weight is 329 g/mol. The fourth-order valence-electron chi connectivity index (χ4n) is 3.10. The van der Waals surface area contributed by atoms with E-state index >= 15 is 0 Å². The highest BCUT2D eigenvalue weighted by molar-refractivity contribution is 5.94. The largest absolute Gasteiger partial charge is 0.493 e. The Bertz CT molecular complexity index is 774. The molecule has 24 heavy (non-hydrogen) atoms. The fourth-order valence-corrected chi connectivity index (χ4v) is 3.10. The zero-order chi connectivity index (χ0) is 17.5. The van der Waals surface area contributed by atoms with Gasteiger partial charge in [0.15, 0.2) is 11.5 Å². The zero-order valence-corrected chi connectivity index (χ0v) is 14.7. The quantitative estimate of drug-likeness (QED) is 0.939. The Morgan fingerprint density at radius 3 is 2.54 bits per heavy atom. The number of hydrogen-bond donors (Lipinski definition) is 1. The number of aromatic nitrogens is 2. The van der Waals surface area contributed by atoms with E-state index in [1.807, 2.05) is 29.1 Å². The summed E-state index contributed by atoms with van der Waals surface area (Å²) < 4.78 is 12.6. The Morgan fingerprint density at radius 2 is 1.92 bits per heavy atom. The van der Waals surface area contributed by atoms with Gasteiger partial charge in [0.1, 0.15) is 5.82 Å². The van der Waals surface area contributed by atoms with Crippen molar-refractivity contribution < 1.29 is 14.3 Å². The van der Waals surface area contributed by atoms with E-state index in [1.54, 1.807) is 14.2 Å². The van der Waals surface area contributed by atoms with E-state index in [0.29, 0.717) is 17.9 Å². The molecule has 0 aliphatic carbocycles. The first-order valence-electron chi connectivity index (χ1n) is 7.95. The van der Waals surface area contributed by atoms with Gasteiger partial charge in [0.2, 0.25) is 5.91 Å². The monoisotopic (exact) mass is 329 g/mol. The van der Waals surface area contributed by atoms with Crippen molar-refractivity contribution in [3.63, 3.8) is 0 Å². The van der Waals surface area contributed by atoms with Crippen molar-refractivity contribution >= 4 is 11.7 Å². The summed E-state index contributed by atoms with van der Waals surface area (Å²) in [5.74, 6) is 2.05. The van der Waals surface area contributed by atoms with E-state index in [0.717, 1.165) is 16.9 Å². The van der Waals surface area contributed by atoms with E-state index in [4.69, 9.17) is 9.47 Å². The molecule has 0 saturated carbocycles. The highest BCUT2D eigenvalue weighted by Crippen LogP contribution is 2.41. The first-order valence-corrected chi connectivity index (χ1v) is 7.95. The lowest BCUT2D eigenvalue weighted by Gasteiger charge is -2.28. The van der Waals surface area contributed by atoms with Gasteiger partial charge < -0.3 is 14.8 Å². The molecule has 2 aromatic rings. The standard InChI is InChI=1S/C18H23N3O3/c1-18(2,3)21-17-13(10-19-21)12(9-16(22)20-17)11-6-7-14(23-4)15(8-11)24-5/h6-8,10,12H,9H2,1-5H3,(H,20,22)/t12-/m1/s1. The number of nitrogens with zero attached hydrogens (tertiary/aromatic N) is 2. The molecule has 1 aromatic carbocycles. The van der Waals surface area contributed by atoms with Gasteiger partial charge in [-0.05, 0) is 38.5 Å². The molecular formula is C18H23N3O3.